The third-order valence-electron chi connectivity index (χ3n) is 3.25. The van der Waals surface area contributed by atoms with Gasteiger partial charge in [0.25, 0.3) is 0 Å². The van der Waals surface area contributed by atoms with Gasteiger partial charge in [-0.05, 0) is 37.3 Å². The van der Waals surface area contributed by atoms with Gasteiger partial charge in [0.1, 0.15) is 10.7 Å². The summed E-state index contributed by atoms with van der Waals surface area (Å²) in [5.74, 6) is 0.740. The standard InChI is InChI=1S/C14H16N4S2/c1-9-7-12(13(15)19)17-14(16-9)18(10-4-5-10)8-11-3-2-6-20-11/h2-3,6-7,10H,4-5,8H2,1H3,(H2,15,19). The van der Waals surface area contributed by atoms with Crippen LogP contribution >= 0.6 is 23.6 Å². The van der Waals surface area contributed by atoms with Crippen molar-refractivity contribution in [3.8, 4) is 0 Å². The summed E-state index contributed by atoms with van der Waals surface area (Å²) in [7, 11) is 0. The van der Waals surface area contributed by atoms with E-state index in [9.17, 15) is 0 Å². The highest BCUT2D eigenvalue weighted by molar-refractivity contribution is 7.80. The molecular formula is C14H16N4S2. The number of anilines is 1. The first-order valence-electron chi connectivity index (χ1n) is 6.58. The van der Waals surface area contributed by atoms with Gasteiger partial charge in [0.2, 0.25) is 5.95 Å². The number of rotatable bonds is 5. The molecule has 0 spiro atoms. The summed E-state index contributed by atoms with van der Waals surface area (Å²) < 4.78 is 0. The van der Waals surface area contributed by atoms with E-state index in [1.165, 1.54) is 17.7 Å². The minimum absolute atomic E-state index is 0.323. The molecule has 1 saturated carbocycles. The summed E-state index contributed by atoms with van der Waals surface area (Å²) in [6, 6.07) is 6.59. The Hall–Kier alpha value is -1.53. The molecule has 0 amide bonds. The number of hydrogen-bond donors (Lipinski definition) is 1. The van der Waals surface area contributed by atoms with Crippen molar-refractivity contribution in [2.24, 2.45) is 5.73 Å². The molecule has 1 aliphatic carbocycles. The van der Waals surface area contributed by atoms with Gasteiger partial charge in [-0.25, -0.2) is 9.97 Å². The lowest BCUT2D eigenvalue weighted by atomic mass is 10.3. The van der Waals surface area contributed by atoms with Crippen LogP contribution in [0, 0.1) is 6.92 Å². The molecule has 0 radical (unpaired) electrons. The smallest absolute Gasteiger partial charge is 0.226 e. The van der Waals surface area contributed by atoms with Gasteiger partial charge in [-0.1, -0.05) is 18.3 Å². The Morgan fingerprint density at radius 3 is 2.90 bits per heavy atom. The van der Waals surface area contributed by atoms with Crippen molar-refractivity contribution < 1.29 is 0 Å². The molecule has 3 rings (SSSR count). The molecule has 0 unspecified atom stereocenters. The zero-order chi connectivity index (χ0) is 14.1. The van der Waals surface area contributed by atoms with Crippen LogP contribution in [0.3, 0.4) is 0 Å². The van der Waals surface area contributed by atoms with Gasteiger partial charge in [0.15, 0.2) is 0 Å². The maximum absolute atomic E-state index is 5.70. The number of aromatic nitrogens is 2. The first kappa shape index (κ1) is 13.5. The van der Waals surface area contributed by atoms with E-state index >= 15 is 0 Å². The summed E-state index contributed by atoms with van der Waals surface area (Å²) in [6.07, 6.45) is 2.40. The summed E-state index contributed by atoms with van der Waals surface area (Å²) in [6.45, 7) is 2.80. The van der Waals surface area contributed by atoms with E-state index in [4.69, 9.17) is 18.0 Å². The molecule has 0 atom stereocenters. The zero-order valence-electron chi connectivity index (χ0n) is 11.2. The predicted octanol–water partition coefficient (Wildman–Crippen LogP) is 2.65. The van der Waals surface area contributed by atoms with Crippen LogP contribution in [0.1, 0.15) is 29.1 Å². The largest absolute Gasteiger partial charge is 0.388 e. The third-order valence-corrected chi connectivity index (χ3v) is 4.32. The summed E-state index contributed by atoms with van der Waals surface area (Å²) in [5, 5.41) is 2.10. The highest BCUT2D eigenvalue weighted by Gasteiger charge is 2.31. The van der Waals surface area contributed by atoms with Crippen LogP contribution < -0.4 is 10.6 Å². The van der Waals surface area contributed by atoms with Crippen molar-refractivity contribution in [3.05, 3.63) is 39.8 Å². The van der Waals surface area contributed by atoms with Gasteiger partial charge in [-0.3, -0.25) is 0 Å². The number of thiocarbonyl (C=S) groups is 1. The Morgan fingerprint density at radius 1 is 1.50 bits per heavy atom. The lowest BCUT2D eigenvalue weighted by Gasteiger charge is -2.22. The average Bonchev–Trinajstić information content (AvgIpc) is 3.12. The van der Waals surface area contributed by atoms with E-state index in [-0.39, 0.29) is 0 Å². The number of thiophene rings is 1. The lowest BCUT2D eigenvalue weighted by molar-refractivity contribution is 0.761. The highest BCUT2D eigenvalue weighted by Crippen LogP contribution is 2.32. The molecule has 0 aromatic carbocycles. The molecule has 2 heterocycles. The normalized spacial score (nSPS) is 14.2. The Labute approximate surface area is 127 Å². The zero-order valence-corrected chi connectivity index (χ0v) is 12.9. The lowest BCUT2D eigenvalue weighted by Crippen LogP contribution is -2.28. The summed E-state index contributed by atoms with van der Waals surface area (Å²) in [5.41, 5.74) is 7.25. The molecule has 0 aliphatic heterocycles. The van der Waals surface area contributed by atoms with Crippen molar-refractivity contribution >= 4 is 34.5 Å². The monoisotopic (exact) mass is 304 g/mol. The molecule has 20 heavy (non-hydrogen) atoms. The Balaban J connectivity index is 1.93. The van der Waals surface area contributed by atoms with E-state index < -0.39 is 0 Å². The van der Waals surface area contributed by atoms with E-state index in [1.54, 1.807) is 11.3 Å². The fourth-order valence-electron chi connectivity index (χ4n) is 2.13. The SMILES string of the molecule is Cc1cc(C(N)=S)nc(N(Cc2cccs2)C2CC2)n1. The van der Waals surface area contributed by atoms with Crippen molar-refractivity contribution in [3.63, 3.8) is 0 Å². The van der Waals surface area contributed by atoms with E-state index in [1.807, 2.05) is 13.0 Å². The molecule has 1 aliphatic rings. The first-order chi connectivity index (χ1) is 9.63. The Kier molecular flexibility index (Phi) is 3.67. The molecule has 1 fully saturated rings. The minimum atomic E-state index is 0.323. The van der Waals surface area contributed by atoms with Crippen LogP contribution in [0.25, 0.3) is 0 Å². The number of aryl methyl sites for hydroxylation is 1. The van der Waals surface area contributed by atoms with Crippen LogP contribution in [0.5, 0.6) is 0 Å². The van der Waals surface area contributed by atoms with Gasteiger partial charge in [-0.15, -0.1) is 11.3 Å². The van der Waals surface area contributed by atoms with Crippen LogP contribution in [-0.4, -0.2) is 21.0 Å². The fourth-order valence-corrected chi connectivity index (χ4v) is 2.93. The maximum atomic E-state index is 5.70. The quantitative estimate of drug-likeness (QED) is 0.861. The second kappa shape index (κ2) is 5.46. The van der Waals surface area contributed by atoms with E-state index in [0.717, 1.165) is 18.2 Å². The highest BCUT2D eigenvalue weighted by atomic mass is 32.1. The number of nitrogens with zero attached hydrogens (tertiary/aromatic N) is 3. The summed E-state index contributed by atoms with van der Waals surface area (Å²) in [4.78, 5) is 13.0. The first-order valence-corrected chi connectivity index (χ1v) is 7.87. The predicted molar refractivity (Wildman–Crippen MR) is 86.2 cm³/mol. The molecule has 2 N–H and O–H groups in total. The molecule has 2 aromatic heterocycles. The molecule has 0 bridgehead atoms. The molecule has 104 valence electrons. The Morgan fingerprint density at radius 2 is 2.30 bits per heavy atom. The van der Waals surface area contributed by atoms with Crippen molar-refractivity contribution in [1.82, 2.24) is 9.97 Å². The van der Waals surface area contributed by atoms with Gasteiger partial charge < -0.3 is 10.6 Å². The maximum Gasteiger partial charge on any atom is 0.226 e. The Bertz CT molecular complexity index is 620. The van der Waals surface area contributed by atoms with Gasteiger partial charge in [0, 0.05) is 16.6 Å². The van der Waals surface area contributed by atoms with Gasteiger partial charge >= 0.3 is 0 Å². The second-order valence-electron chi connectivity index (χ2n) is 5.00. The van der Waals surface area contributed by atoms with Crippen LogP contribution in [-0.2, 0) is 6.54 Å². The third kappa shape index (κ3) is 2.96. The fraction of sp³-hybridized carbons (Fsp3) is 0.357. The summed E-state index contributed by atoms with van der Waals surface area (Å²) >= 11 is 6.79. The number of nitrogens with two attached hydrogens (primary N) is 1. The second-order valence-corrected chi connectivity index (χ2v) is 6.47. The van der Waals surface area contributed by atoms with E-state index in [0.29, 0.717) is 16.7 Å². The molecule has 6 heteroatoms. The number of hydrogen-bond acceptors (Lipinski definition) is 5. The van der Waals surface area contributed by atoms with Crippen molar-refractivity contribution in [1.29, 1.82) is 0 Å². The van der Waals surface area contributed by atoms with Gasteiger partial charge in [0.05, 0.1) is 6.54 Å². The van der Waals surface area contributed by atoms with E-state index in [2.05, 4.69) is 32.4 Å². The molecule has 0 saturated heterocycles. The topological polar surface area (TPSA) is 55.0 Å². The average molecular weight is 304 g/mol. The van der Waals surface area contributed by atoms with Crippen LogP contribution in [0.2, 0.25) is 0 Å². The molecule has 2 aromatic rings. The van der Waals surface area contributed by atoms with Gasteiger partial charge in [-0.2, -0.15) is 0 Å². The minimum Gasteiger partial charge on any atom is -0.388 e. The van der Waals surface area contributed by atoms with Crippen molar-refractivity contribution in [2.45, 2.75) is 32.4 Å². The molecular weight excluding hydrogens is 288 g/mol. The van der Waals surface area contributed by atoms with Crippen molar-refractivity contribution in [2.75, 3.05) is 4.90 Å². The molecule has 4 nitrogen and oxygen atoms in total. The van der Waals surface area contributed by atoms with Crippen LogP contribution in [0.4, 0.5) is 5.95 Å². The van der Waals surface area contributed by atoms with Crippen LogP contribution in [0.15, 0.2) is 23.6 Å².